The molecule has 0 spiro atoms. The Bertz CT molecular complexity index is 798. The number of ether oxygens (including phenoxy) is 2. The van der Waals surface area contributed by atoms with Gasteiger partial charge in [0, 0.05) is 0 Å². The molecule has 0 aliphatic heterocycles. The van der Waals surface area contributed by atoms with Crippen molar-refractivity contribution in [3.63, 3.8) is 0 Å². The van der Waals surface area contributed by atoms with E-state index in [2.05, 4.69) is 35.1 Å². The minimum atomic E-state index is -1.85. The molecule has 2 N–H and O–H groups in total. The number of hydrogen-bond acceptors (Lipinski definition) is 5. The third-order valence-electron chi connectivity index (χ3n) is 4.01. The molecule has 0 aliphatic carbocycles. The molecule has 2 atom stereocenters. The van der Waals surface area contributed by atoms with Crippen molar-refractivity contribution in [3.05, 3.63) is 60.2 Å². The molecular formula is C21H24O6. The molecule has 0 saturated carbocycles. The first-order valence-corrected chi connectivity index (χ1v) is 8.84. The summed E-state index contributed by atoms with van der Waals surface area (Å²) in [5, 5.41) is 21.2. The van der Waals surface area contributed by atoms with E-state index >= 15 is 0 Å². The molecule has 0 unspecified atom stereocenters. The number of aryl methyl sites for hydroxylation is 1. The molecule has 0 radical (unpaired) electrons. The Morgan fingerprint density at radius 2 is 1.85 bits per heavy atom. The Morgan fingerprint density at radius 3 is 2.56 bits per heavy atom. The fraction of sp³-hybridized carbons (Fsp3) is 0.333. The van der Waals surface area contributed by atoms with Crippen molar-refractivity contribution >= 4 is 22.7 Å². The highest BCUT2D eigenvalue weighted by atomic mass is 16.6. The van der Waals surface area contributed by atoms with Gasteiger partial charge < -0.3 is 19.7 Å². The van der Waals surface area contributed by atoms with Gasteiger partial charge in [-0.25, -0.2) is 9.59 Å². The number of aliphatic hydroxyl groups excluding tert-OH is 1. The van der Waals surface area contributed by atoms with Crippen LogP contribution in [0.3, 0.4) is 0 Å². The second kappa shape index (κ2) is 10.4. The molecule has 0 amide bonds. The predicted molar refractivity (Wildman–Crippen MR) is 101 cm³/mol. The van der Waals surface area contributed by atoms with Crippen LogP contribution >= 0.6 is 0 Å². The van der Waals surface area contributed by atoms with E-state index in [-0.39, 0.29) is 13.2 Å². The van der Waals surface area contributed by atoms with Gasteiger partial charge in [-0.15, -0.1) is 0 Å². The molecule has 0 bridgehead atoms. The lowest BCUT2D eigenvalue weighted by Gasteiger charge is -2.17. The maximum Gasteiger partial charge on any atom is 0.338 e. The summed E-state index contributed by atoms with van der Waals surface area (Å²) in [7, 11) is 0. The van der Waals surface area contributed by atoms with Gasteiger partial charge in [0.2, 0.25) is 0 Å². The van der Waals surface area contributed by atoms with Crippen LogP contribution < -0.4 is 0 Å². The van der Waals surface area contributed by atoms with E-state index in [9.17, 15) is 14.7 Å². The van der Waals surface area contributed by atoms with Crippen LogP contribution in [-0.4, -0.2) is 47.6 Å². The smallest absolute Gasteiger partial charge is 0.338 e. The molecule has 0 saturated heterocycles. The number of rotatable bonds is 10. The zero-order chi connectivity index (χ0) is 19.6. The molecule has 0 fully saturated rings. The van der Waals surface area contributed by atoms with E-state index in [0.717, 1.165) is 12.8 Å². The molecule has 0 aromatic heterocycles. The number of allylic oxidation sites excluding steroid dienone is 1. The highest BCUT2D eigenvalue weighted by Gasteiger charge is 2.33. The standard InChI is InChI=1S/C21H24O6/c1-2-26-21(25)18(22)19(20(23)24)27-13-7-3-4-8-15-11-12-16-9-5-6-10-17(16)14-15/h3,5-7,9-12,14,18-19,22H,2,4,8,13H2,1H3,(H,23,24)/t18-,19-/m1/s1. The molecule has 2 aromatic carbocycles. The van der Waals surface area contributed by atoms with Crippen molar-refractivity contribution in [1.29, 1.82) is 0 Å². The van der Waals surface area contributed by atoms with Crippen LogP contribution in [0.1, 0.15) is 18.9 Å². The Kier molecular flexibility index (Phi) is 7.98. The molecular weight excluding hydrogens is 348 g/mol. The van der Waals surface area contributed by atoms with E-state index in [1.54, 1.807) is 13.0 Å². The fourth-order valence-electron chi connectivity index (χ4n) is 2.64. The van der Waals surface area contributed by atoms with Crippen LogP contribution in [-0.2, 0) is 25.5 Å². The van der Waals surface area contributed by atoms with Crippen molar-refractivity contribution < 1.29 is 29.3 Å². The molecule has 0 heterocycles. The Morgan fingerprint density at radius 1 is 1.11 bits per heavy atom. The number of carbonyl (C=O) groups excluding carboxylic acids is 1. The van der Waals surface area contributed by atoms with Crippen LogP contribution in [0.5, 0.6) is 0 Å². The molecule has 27 heavy (non-hydrogen) atoms. The number of aliphatic carboxylic acids is 1. The Hall–Kier alpha value is -2.70. The van der Waals surface area contributed by atoms with Crippen LogP contribution in [0, 0.1) is 0 Å². The number of carbonyl (C=O) groups is 2. The second-order valence-corrected chi connectivity index (χ2v) is 5.98. The van der Waals surface area contributed by atoms with E-state index in [1.165, 1.54) is 16.3 Å². The first-order chi connectivity index (χ1) is 13.0. The first kappa shape index (κ1) is 20.6. The zero-order valence-electron chi connectivity index (χ0n) is 15.2. The molecule has 144 valence electrons. The Balaban J connectivity index is 1.80. The van der Waals surface area contributed by atoms with Gasteiger partial charge in [0.25, 0.3) is 0 Å². The summed E-state index contributed by atoms with van der Waals surface area (Å²) in [5.74, 6) is -2.43. The van der Waals surface area contributed by atoms with Crippen molar-refractivity contribution in [2.24, 2.45) is 0 Å². The number of fused-ring (bicyclic) bond motifs is 1. The van der Waals surface area contributed by atoms with Crippen LogP contribution in [0.25, 0.3) is 10.8 Å². The SMILES string of the molecule is CCOC(=O)[C@H](O)[C@@H](OCC=CCCc1ccc2ccccc2c1)C(=O)O. The van der Waals surface area contributed by atoms with E-state index in [0.29, 0.717) is 0 Å². The highest BCUT2D eigenvalue weighted by molar-refractivity contribution is 5.84. The number of carboxylic acid groups (broad SMARTS) is 1. The highest BCUT2D eigenvalue weighted by Crippen LogP contribution is 2.16. The lowest BCUT2D eigenvalue weighted by molar-refractivity contribution is -0.173. The predicted octanol–water partition coefficient (Wildman–Crippen LogP) is 2.72. The van der Waals surface area contributed by atoms with Gasteiger partial charge in [0.05, 0.1) is 13.2 Å². The normalized spacial score (nSPS) is 13.6. The van der Waals surface area contributed by atoms with E-state index in [1.807, 2.05) is 18.2 Å². The molecule has 0 aliphatic rings. The molecule has 2 aromatic rings. The van der Waals surface area contributed by atoms with Crippen LogP contribution in [0.2, 0.25) is 0 Å². The number of esters is 1. The van der Waals surface area contributed by atoms with Gasteiger partial charge in [0.15, 0.2) is 12.2 Å². The number of aliphatic hydroxyl groups is 1. The maximum absolute atomic E-state index is 11.4. The average molecular weight is 372 g/mol. The van der Waals surface area contributed by atoms with E-state index < -0.39 is 24.1 Å². The van der Waals surface area contributed by atoms with Crippen LogP contribution in [0.15, 0.2) is 54.6 Å². The van der Waals surface area contributed by atoms with Crippen molar-refractivity contribution in [2.45, 2.75) is 32.0 Å². The van der Waals surface area contributed by atoms with Crippen molar-refractivity contribution in [2.75, 3.05) is 13.2 Å². The average Bonchev–Trinajstić information content (AvgIpc) is 2.66. The molecule has 2 rings (SSSR count). The molecule has 6 nitrogen and oxygen atoms in total. The zero-order valence-corrected chi connectivity index (χ0v) is 15.2. The minimum Gasteiger partial charge on any atom is -0.479 e. The first-order valence-electron chi connectivity index (χ1n) is 8.84. The third-order valence-corrected chi connectivity index (χ3v) is 4.01. The summed E-state index contributed by atoms with van der Waals surface area (Å²) in [4.78, 5) is 22.6. The lowest BCUT2D eigenvalue weighted by atomic mass is 10.0. The number of benzene rings is 2. The van der Waals surface area contributed by atoms with E-state index in [4.69, 9.17) is 9.84 Å². The lowest BCUT2D eigenvalue weighted by Crippen LogP contribution is -2.42. The van der Waals surface area contributed by atoms with Gasteiger partial charge in [0.1, 0.15) is 0 Å². The largest absolute Gasteiger partial charge is 0.479 e. The summed E-state index contributed by atoms with van der Waals surface area (Å²) in [6.07, 6.45) is 1.65. The number of hydrogen-bond donors (Lipinski definition) is 2. The second-order valence-electron chi connectivity index (χ2n) is 5.98. The minimum absolute atomic E-state index is 0.0227. The summed E-state index contributed by atoms with van der Waals surface area (Å²) < 4.78 is 9.71. The fourth-order valence-corrected chi connectivity index (χ4v) is 2.64. The number of carboxylic acids is 1. The monoisotopic (exact) mass is 372 g/mol. The van der Waals surface area contributed by atoms with Gasteiger partial charge in [-0.05, 0) is 36.1 Å². The van der Waals surface area contributed by atoms with Crippen molar-refractivity contribution in [3.8, 4) is 0 Å². The third kappa shape index (κ3) is 6.20. The summed E-state index contributed by atoms with van der Waals surface area (Å²) >= 11 is 0. The molecule has 6 heteroatoms. The quantitative estimate of drug-likeness (QED) is 0.492. The van der Waals surface area contributed by atoms with Gasteiger partial charge in [-0.2, -0.15) is 0 Å². The summed E-state index contributed by atoms with van der Waals surface area (Å²) in [6.45, 7) is 1.60. The van der Waals surface area contributed by atoms with Crippen LogP contribution in [0.4, 0.5) is 0 Å². The topological polar surface area (TPSA) is 93.1 Å². The Labute approximate surface area is 158 Å². The van der Waals surface area contributed by atoms with Gasteiger partial charge in [-0.1, -0.05) is 54.6 Å². The maximum atomic E-state index is 11.4. The van der Waals surface area contributed by atoms with Crippen molar-refractivity contribution in [1.82, 2.24) is 0 Å². The summed E-state index contributed by atoms with van der Waals surface area (Å²) in [5.41, 5.74) is 1.21. The van der Waals surface area contributed by atoms with Gasteiger partial charge in [-0.3, -0.25) is 0 Å². The summed E-state index contributed by atoms with van der Waals surface area (Å²) in [6, 6.07) is 14.5. The van der Waals surface area contributed by atoms with Gasteiger partial charge >= 0.3 is 11.9 Å².